The third-order valence-electron chi connectivity index (χ3n) is 10.1. The van der Waals surface area contributed by atoms with Crippen molar-refractivity contribution in [1.29, 1.82) is 5.26 Å². The molecule has 2 aliphatic heterocycles. The lowest BCUT2D eigenvalue weighted by molar-refractivity contribution is -0.200. The van der Waals surface area contributed by atoms with Crippen molar-refractivity contribution in [2.75, 3.05) is 34.0 Å². The van der Waals surface area contributed by atoms with Crippen LogP contribution in [0.1, 0.15) is 62.6 Å². The Morgan fingerprint density at radius 1 is 0.944 bits per heavy atom. The molecule has 54 heavy (non-hydrogen) atoms. The van der Waals surface area contributed by atoms with Crippen LogP contribution in [0.15, 0.2) is 94.6 Å². The maximum absolute atomic E-state index is 13.4. The predicted octanol–water partition coefficient (Wildman–Crippen LogP) is 6.27. The van der Waals surface area contributed by atoms with E-state index in [9.17, 15) is 14.9 Å². The Kier molecular flexibility index (Phi) is 12.1. The van der Waals surface area contributed by atoms with Crippen molar-refractivity contribution in [3.63, 3.8) is 0 Å². The molecular weight excluding hydrogens is 707 g/mol. The van der Waals surface area contributed by atoms with Gasteiger partial charge >= 0.3 is 5.69 Å². The summed E-state index contributed by atoms with van der Waals surface area (Å²) in [6.45, 7) is 10.5. The van der Waals surface area contributed by atoms with Gasteiger partial charge in [-0.1, -0.05) is 54.6 Å². The molecule has 0 aliphatic carbocycles. The van der Waals surface area contributed by atoms with E-state index in [1.807, 2.05) is 78.9 Å². The molecule has 2 fully saturated rings. The highest BCUT2D eigenvalue weighted by Gasteiger charge is 2.67. The van der Waals surface area contributed by atoms with Crippen LogP contribution in [0.3, 0.4) is 0 Å². The first kappa shape index (κ1) is 39.4. The van der Waals surface area contributed by atoms with Crippen molar-refractivity contribution in [3.8, 4) is 17.6 Å². The molecule has 3 aromatic carbocycles. The van der Waals surface area contributed by atoms with Crippen molar-refractivity contribution in [1.82, 2.24) is 14.2 Å². The number of aromatic nitrogens is 2. The van der Waals surface area contributed by atoms with E-state index in [-0.39, 0.29) is 38.3 Å². The summed E-state index contributed by atoms with van der Waals surface area (Å²) in [5.74, 6) is 1.40. The average Bonchev–Trinajstić information content (AvgIpc) is 3.69. The second kappa shape index (κ2) is 16.6. The summed E-state index contributed by atoms with van der Waals surface area (Å²) < 4.78 is 42.7. The molecule has 0 radical (unpaired) electrons. The zero-order chi connectivity index (χ0) is 38.6. The van der Waals surface area contributed by atoms with E-state index in [1.54, 1.807) is 21.1 Å². The van der Waals surface area contributed by atoms with Gasteiger partial charge in [-0.15, -0.1) is 0 Å². The van der Waals surface area contributed by atoms with E-state index in [4.69, 9.17) is 28.2 Å². The van der Waals surface area contributed by atoms with Gasteiger partial charge in [0.25, 0.3) is 5.56 Å². The minimum absolute atomic E-state index is 0.0270. The molecule has 13 heteroatoms. The fourth-order valence-corrected chi connectivity index (χ4v) is 10.5. The Labute approximate surface area is 317 Å². The molecule has 12 nitrogen and oxygen atoms in total. The maximum atomic E-state index is 13.4. The number of nitrogens with zero attached hydrogens (tertiary/aromatic N) is 3. The first-order valence-corrected chi connectivity index (χ1v) is 19.4. The lowest BCUT2D eigenvalue weighted by Gasteiger charge is -2.44. The highest BCUT2D eigenvalue weighted by atomic mass is 31.2. The highest BCUT2D eigenvalue weighted by molar-refractivity contribution is 7.51. The predicted molar refractivity (Wildman–Crippen MR) is 206 cm³/mol. The number of ether oxygens (including phenoxy) is 5. The number of hydrogen-bond acceptors (Lipinski definition) is 10. The minimum Gasteiger partial charge on any atom is -0.497 e. The molecule has 0 spiro atoms. The van der Waals surface area contributed by atoms with Gasteiger partial charge in [-0.2, -0.15) is 5.26 Å². The summed E-state index contributed by atoms with van der Waals surface area (Å²) in [5.41, 5.74) is -0.840. The smallest absolute Gasteiger partial charge is 0.330 e. The van der Waals surface area contributed by atoms with E-state index >= 15 is 0 Å². The van der Waals surface area contributed by atoms with Gasteiger partial charge in [0.15, 0.2) is 6.23 Å². The van der Waals surface area contributed by atoms with Gasteiger partial charge < -0.3 is 28.2 Å². The first-order chi connectivity index (χ1) is 26.0. The van der Waals surface area contributed by atoms with Crippen LogP contribution in [0, 0.1) is 18.3 Å². The molecule has 4 aromatic rings. The molecule has 5 atom stereocenters. The van der Waals surface area contributed by atoms with Crippen LogP contribution >= 0.6 is 8.30 Å². The van der Waals surface area contributed by atoms with E-state index in [2.05, 4.69) is 43.4 Å². The number of fused-ring (bicyclic) bond motifs is 2. The summed E-state index contributed by atoms with van der Waals surface area (Å²) in [7, 11) is 1.75. The number of nitrogens with one attached hydrogen (secondary N) is 1. The van der Waals surface area contributed by atoms with Crippen molar-refractivity contribution in [2.24, 2.45) is 0 Å². The molecule has 0 amide bonds. The molecule has 2 aliphatic rings. The number of hydrogen-bond donors (Lipinski definition) is 1. The Morgan fingerprint density at radius 3 is 2.06 bits per heavy atom. The van der Waals surface area contributed by atoms with Gasteiger partial charge in [-0.3, -0.25) is 19.0 Å². The zero-order valence-electron chi connectivity index (χ0n) is 31.9. The van der Waals surface area contributed by atoms with Crippen LogP contribution < -0.4 is 20.7 Å². The largest absolute Gasteiger partial charge is 0.497 e. The number of aryl methyl sites for hydroxylation is 1. The van der Waals surface area contributed by atoms with E-state index < -0.39 is 48.7 Å². The van der Waals surface area contributed by atoms with Gasteiger partial charge in [-0.25, -0.2) is 4.79 Å². The molecule has 2 saturated heterocycles. The van der Waals surface area contributed by atoms with Crippen LogP contribution in [0.2, 0.25) is 0 Å². The van der Waals surface area contributed by atoms with Crippen molar-refractivity contribution < 1.29 is 28.2 Å². The summed E-state index contributed by atoms with van der Waals surface area (Å²) in [5, 5.41) is 9.51. The van der Waals surface area contributed by atoms with Gasteiger partial charge in [-0.05, 0) is 75.6 Å². The number of aromatic amines is 1. The molecule has 1 N–H and O–H groups in total. The third-order valence-corrected chi connectivity index (χ3v) is 13.2. The van der Waals surface area contributed by atoms with Crippen molar-refractivity contribution in [2.45, 2.75) is 82.3 Å². The molecule has 286 valence electrons. The summed E-state index contributed by atoms with van der Waals surface area (Å²) in [6, 6.07) is 28.0. The quantitative estimate of drug-likeness (QED) is 0.0792. The Balaban J connectivity index is 1.54. The van der Waals surface area contributed by atoms with Crippen LogP contribution in [0.25, 0.3) is 0 Å². The van der Waals surface area contributed by atoms with Crippen LogP contribution in [-0.4, -0.2) is 77.7 Å². The number of methoxy groups -OCH3 is 2. The molecule has 1 aromatic heterocycles. The Hall–Kier alpha value is -4.34. The molecular formula is C41H49N4O8P. The third kappa shape index (κ3) is 7.37. The van der Waals surface area contributed by atoms with Crippen LogP contribution in [0.4, 0.5) is 0 Å². The van der Waals surface area contributed by atoms with Crippen molar-refractivity contribution in [3.05, 3.63) is 128 Å². The standard InChI is InChI=1S/C41H49N4O8P/c1-27(2)45(28(3)4)54(52-23-11-22-42)36-35-38(44-24-29(5)37(46)43-39(44)47)53-40(36,25-50-35)26-51-41(30-12-9-8-10-13-30,31-14-18-33(48-6)19-15-31)32-16-20-34(49-7)21-17-32/h8-10,12-21,24,27-28,35-36,38H,11,23,25-26H2,1-7H3,(H,43,46,47)/t35-,36+,38-,40-,54?/m1/s1. The average molecular weight is 757 g/mol. The normalized spacial score (nSPS) is 21.5. The minimum atomic E-state index is -1.51. The van der Waals surface area contributed by atoms with E-state index in [0.29, 0.717) is 17.1 Å². The van der Waals surface area contributed by atoms with Gasteiger partial charge in [0, 0.05) is 23.8 Å². The second-order valence-corrected chi connectivity index (χ2v) is 16.1. The monoisotopic (exact) mass is 756 g/mol. The van der Waals surface area contributed by atoms with Crippen LogP contribution in [-0.2, 0) is 24.3 Å². The molecule has 2 bridgehead atoms. The highest BCUT2D eigenvalue weighted by Crippen LogP contribution is 2.63. The first-order valence-electron chi connectivity index (χ1n) is 18.2. The summed E-state index contributed by atoms with van der Waals surface area (Å²) >= 11 is 0. The summed E-state index contributed by atoms with van der Waals surface area (Å²) in [6.07, 6.45) is 0.193. The van der Waals surface area contributed by atoms with Gasteiger partial charge in [0.2, 0.25) is 0 Å². The molecule has 0 saturated carbocycles. The SMILES string of the molecule is COc1ccc(C(OC[C@@]23CO[C@@H]([C@H](n4cc(C)c(=O)[nH]c4=O)O2)[C@@H]3P(OCCC#N)N(C(C)C)C(C)C)(c2ccccc2)c2ccc(OC)cc2)cc1. The van der Waals surface area contributed by atoms with Crippen molar-refractivity contribution >= 4 is 8.30 Å². The van der Waals surface area contributed by atoms with E-state index in [0.717, 1.165) is 16.7 Å². The number of benzene rings is 3. The zero-order valence-corrected chi connectivity index (χ0v) is 32.7. The van der Waals surface area contributed by atoms with E-state index in [1.165, 1.54) is 10.8 Å². The summed E-state index contributed by atoms with van der Waals surface area (Å²) in [4.78, 5) is 28.3. The molecule has 1 unspecified atom stereocenters. The van der Waals surface area contributed by atoms with Gasteiger partial charge in [0.05, 0.1) is 52.2 Å². The molecule has 3 heterocycles. The maximum Gasteiger partial charge on any atom is 0.330 e. The fraction of sp³-hybridized carbons (Fsp3) is 0.439. The number of H-pyrrole nitrogens is 1. The number of nitriles is 1. The van der Waals surface area contributed by atoms with Gasteiger partial charge in [0.1, 0.15) is 37.1 Å². The Morgan fingerprint density at radius 2 is 1.52 bits per heavy atom. The lowest BCUT2D eigenvalue weighted by Crippen LogP contribution is -2.50. The molecule has 6 rings (SSSR count). The second-order valence-electron chi connectivity index (χ2n) is 14.2. The lowest BCUT2D eigenvalue weighted by atomic mass is 9.79. The van der Waals surface area contributed by atoms with Crippen LogP contribution in [0.5, 0.6) is 11.5 Å². The number of rotatable bonds is 16. The Bertz CT molecular complexity index is 1970. The fourth-order valence-electron chi connectivity index (χ4n) is 7.67. The topological polar surface area (TPSA) is 137 Å².